The number of nitrogens with zero attached hydrogens (tertiary/aromatic N) is 2. The van der Waals surface area contributed by atoms with Crippen LogP contribution in [-0.4, -0.2) is 31.8 Å². The number of nitrogens with one attached hydrogen (secondary N) is 1. The maximum absolute atomic E-state index is 11.5. The van der Waals surface area contributed by atoms with Crippen LogP contribution in [0.2, 0.25) is 0 Å². The Balaban J connectivity index is 2.04. The smallest absolute Gasteiger partial charge is 0.279 e. The van der Waals surface area contributed by atoms with Gasteiger partial charge in [0.2, 0.25) is 0 Å². The van der Waals surface area contributed by atoms with E-state index in [1.165, 1.54) is 14.1 Å². The van der Waals surface area contributed by atoms with E-state index in [9.17, 15) is 8.42 Å². The summed E-state index contributed by atoms with van der Waals surface area (Å²) in [5.41, 5.74) is 2.46. The van der Waals surface area contributed by atoms with E-state index in [2.05, 4.69) is 9.71 Å². The Hall–Kier alpha value is -1.70. The maximum Gasteiger partial charge on any atom is 0.279 e. The lowest BCUT2D eigenvalue weighted by Crippen LogP contribution is -2.35. The van der Waals surface area contributed by atoms with Crippen LogP contribution in [0.25, 0.3) is 11.3 Å². The molecule has 0 atom stereocenters. The summed E-state index contributed by atoms with van der Waals surface area (Å²) in [6, 6.07) is 5.47. The summed E-state index contributed by atoms with van der Waals surface area (Å²) in [5.74, 6) is 0. The standard InChI is InChI=1S/C12H15N3O3S/c1-15(2)19(16,17)14-8-10-3-4-12(13-7-10)11-5-6-18-9-11/h3-7,9,14H,8H2,1-2H3. The number of pyridine rings is 1. The molecule has 1 N–H and O–H groups in total. The van der Waals surface area contributed by atoms with Gasteiger partial charge in [-0.05, 0) is 17.7 Å². The molecule has 19 heavy (non-hydrogen) atoms. The average molecular weight is 281 g/mol. The van der Waals surface area contributed by atoms with Crippen LogP contribution in [0.1, 0.15) is 5.56 Å². The highest BCUT2D eigenvalue weighted by atomic mass is 32.2. The van der Waals surface area contributed by atoms with Crippen molar-refractivity contribution < 1.29 is 12.8 Å². The van der Waals surface area contributed by atoms with Crippen LogP contribution in [0, 0.1) is 0 Å². The summed E-state index contributed by atoms with van der Waals surface area (Å²) >= 11 is 0. The fourth-order valence-corrected chi connectivity index (χ4v) is 2.02. The Labute approximate surface area is 112 Å². The van der Waals surface area contributed by atoms with Crippen molar-refractivity contribution in [2.75, 3.05) is 14.1 Å². The molecular weight excluding hydrogens is 266 g/mol. The fourth-order valence-electron chi connectivity index (χ4n) is 1.41. The molecule has 0 saturated carbocycles. The van der Waals surface area contributed by atoms with E-state index < -0.39 is 10.2 Å². The lowest BCUT2D eigenvalue weighted by Gasteiger charge is -2.12. The number of hydrogen-bond acceptors (Lipinski definition) is 4. The molecular formula is C12H15N3O3S. The zero-order valence-electron chi connectivity index (χ0n) is 10.7. The van der Waals surface area contributed by atoms with Crippen LogP contribution >= 0.6 is 0 Å². The van der Waals surface area contributed by atoms with Crippen LogP contribution in [0.15, 0.2) is 41.3 Å². The molecule has 6 nitrogen and oxygen atoms in total. The molecule has 0 aliphatic rings. The molecule has 2 heterocycles. The fraction of sp³-hybridized carbons (Fsp3) is 0.250. The van der Waals surface area contributed by atoms with E-state index >= 15 is 0 Å². The average Bonchev–Trinajstić information content (AvgIpc) is 2.91. The highest BCUT2D eigenvalue weighted by Crippen LogP contribution is 2.17. The van der Waals surface area contributed by atoms with E-state index in [0.717, 1.165) is 21.1 Å². The molecule has 2 rings (SSSR count). The van der Waals surface area contributed by atoms with Crippen molar-refractivity contribution in [3.8, 4) is 11.3 Å². The third-order valence-corrected chi connectivity index (χ3v) is 4.05. The molecule has 0 aliphatic carbocycles. The molecule has 0 saturated heterocycles. The third-order valence-electron chi connectivity index (χ3n) is 2.58. The zero-order valence-corrected chi connectivity index (χ0v) is 11.5. The van der Waals surface area contributed by atoms with Gasteiger partial charge in [0, 0.05) is 32.4 Å². The first-order valence-electron chi connectivity index (χ1n) is 5.63. The predicted molar refractivity (Wildman–Crippen MR) is 71.4 cm³/mol. The Kier molecular flexibility index (Phi) is 3.98. The molecule has 0 radical (unpaired) electrons. The second-order valence-corrected chi connectivity index (χ2v) is 6.14. The van der Waals surface area contributed by atoms with Crippen molar-refractivity contribution in [2.24, 2.45) is 0 Å². The van der Waals surface area contributed by atoms with E-state index in [1.54, 1.807) is 18.7 Å². The number of hydrogen-bond donors (Lipinski definition) is 1. The molecule has 0 aromatic carbocycles. The molecule has 0 amide bonds. The molecule has 2 aromatic rings. The normalized spacial score (nSPS) is 11.9. The Morgan fingerprint density at radius 3 is 2.63 bits per heavy atom. The topological polar surface area (TPSA) is 75.4 Å². The highest BCUT2D eigenvalue weighted by molar-refractivity contribution is 7.87. The van der Waals surface area contributed by atoms with Crippen molar-refractivity contribution in [1.82, 2.24) is 14.0 Å². The highest BCUT2D eigenvalue weighted by Gasteiger charge is 2.12. The Morgan fingerprint density at radius 2 is 2.11 bits per heavy atom. The van der Waals surface area contributed by atoms with Gasteiger partial charge in [-0.3, -0.25) is 4.98 Å². The van der Waals surface area contributed by atoms with Crippen molar-refractivity contribution in [2.45, 2.75) is 6.54 Å². The Morgan fingerprint density at radius 1 is 1.32 bits per heavy atom. The van der Waals surface area contributed by atoms with Crippen molar-refractivity contribution in [1.29, 1.82) is 0 Å². The minimum absolute atomic E-state index is 0.208. The van der Waals surface area contributed by atoms with Crippen molar-refractivity contribution >= 4 is 10.2 Å². The molecule has 0 bridgehead atoms. The van der Waals surface area contributed by atoms with E-state index in [4.69, 9.17) is 4.42 Å². The Bertz CT molecular complexity index is 619. The monoisotopic (exact) mass is 281 g/mol. The molecule has 102 valence electrons. The van der Waals surface area contributed by atoms with Crippen LogP contribution < -0.4 is 4.72 Å². The largest absolute Gasteiger partial charge is 0.472 e. The maximum atomic E-state index is 11.5. The molecule has 7 heteroatoms. The third kappa shape index (κ3) is 3.40. The van der Waals surface area contributed by atoms with Crippen LogP contribution in [0.4, 0.5) is 0 Å². The minimum Gasteiger partial charge on any atom is -0.472 e. The van der Waals surface area contributed by atoms with Gasteiger partial charge in [-0.1, -0.05) is 6.07 Å². The van der Waals surface area contributed by atoms with Crippen LogP contribution in [-0.2, 0) is 16.8 Å². The lowest BCUT2D eigenvalue weighted by molar-refractivity contribution is 0.505. The quantitative estimate of drug-likeness (QED) is 0.894. The lowest BCUT2D eigenvalue weighted by atomic mass is 10.2. The van der Waals surface area contributed by atoms with E-state index in [-0.39, 0.29) is 6.54 Å². The van der Waals surface area contributed by atoms with Gasteiger partial charge in [0.25, 0.3) is 10.2 Å². The molecule has 0 spiro atoms. The van der Waals surface area contributed by atoms with Crippen molar-refractivity contribution in [3.63, 3.8) is 0 Å². The summed E-state index contributed by atoms with van der Waals surface area (Å²) < 4.78 is 31.7. The molecule has 0 fully saturated rings. The zero-order chi connectivity index (χ0) is 13.9. The second kappa shape index (κ2) is 5.52. The summed E-state index contributed by atoms with van der Waals surface area (Å²) in [7, 11) is -0.460. The van der Waals surface area contributed by atoms with E-state index in [1.807, 2.05) is 18.2 Å². The van der Waals surface area contributed by atoms with Gasteiger partial charge in [-0.2, -0.15) is 17.4 Å². The van der Waals surface area contributed by atoms with Gasteiger partial charge in [0.05, 0.1) is 18.2 Å². The molecule has 0 aliphatic heterocycles. The number of aromatic nitrogens is 1. The summed E-state index contributed by atoms with van der Waals surface area (Å²) in [6.07, 6.45) is 4.83. The van der Waals surface area contributed by atoms with Gasteiger partial charge in [0.1, 0.15) is 0 Å². The predicted octanol–water partition coefficient (Wildman–Crippen LogP) is 1.24. The van der Waals surface area contributed by atoms with Crippen LogP contribution in [0.3, 0.4) is 0 Å². The van der Waals surface area contributed by atoms with Crippen molar-refractivity contribution in [3.05, 3.63) is 42.5 Å². The van der Waals surface area contributed by atoms with Crippen LogP contribution in [0.5, 0.6) is 0 Å². The van der Waals surface area contributed by atoms with Gasteiger partial charge >= 0.3 is 0 Å². The first kappa shape index (κ1) is 13.7. The van der Waals surface area contributed by atoms with Gasteiger partial charge < -0.3 is 4.42 Å². The van der Waals surface area contributed by atoms with E-state index in [0.29, 0.717) is 0 Å². The van der Waals surface area contributed by atoms with Gasteiger partial charge in [0.15, 0.2) is 0 Å². The first-order chi connectivity index (χ1) is 8.99. The molecule has 0 unspecified atom stereocenters. The van der Waals surface area contributed by atoms with Gasteiger partial charge in [-0.15, -0.1) is 0 Å². The SMILES string of the molecule is CN(C)S(=O)(=O)NCc1ccc(-c2ccoc2)nc1. The van der Waals surface area contributed by atoms with Gasteiger partial charge in [-0.25, -0.2) is 0 Å². The summed E-state index contributed by atoms with van der Waals surface area (Å²) in [6.45, 7) is 0.208. The minimum atomic E-state index is -3.41. The summed E-state index contributed by atoms with van der Waals surface area (Å²) in [5, 5.41) is 0. The second-order valence-electron chi connectivity index (χ2n) is 4.17. The first-order valence-corrected chi connectivity index (χ1v) is 7.07. The summed E-state index contributed by atoms with van der Waals surface area (Å²) in [4.78, 5) is 4.26. The number of furan rings is 1. The number of rotatable bonds is 5. The molecule has 2 aromatic heterocycles.